The Bertz CT molecular complexity index is 562. The maximum Gasteiger partial charge on any atom is 0.224 e. The first-order chi connectivity index (χ1) is 12.7. The predicted molar refractivity (Wildman–Crippen MR) is 118 cm³/mol. The number of hydrogen-bond acceptors (Lipinski definition) is 4. The lowest BCUT2D eigenvalue weighted by atomic mass is 9.89. The molecular weight excluding hydrogens is 397 g/mol. The van der Waals surface area contributed by atoms with E-state index in [1.807, 2.05) is 11.0 Å². The lowest BCUT2D eigenvalue weighted by molar-refractivity contribution is -0.135. The molecule has 0 radical (unpaired) electrons. The van der Waals surface area contributed by atoms with Crippen LogP contribution in [0.3, 0.4) is 0 Å². The van der Waals surface area contributed by atoms with Gasteiger partial charge in [-0.3, -0.25) is 9.69 Å². The second-order valence-electron chi connectivity index (χ2n) is 7.61. The molecule has 7 heteroatoms. The molecule has 0 aromatic heterocycles. The van der Waals surface area contributed by atoms with Crippen LogP contribution in [0.1, 0.15) is 37.7 Å². The van der Waals surface area contributed by atoms with Gasteiger partial charge in [0.2, 0.25) is 5.91 Å². The summed E-state index contributed by atoms with van der Waals surface area (Å²) in [6.07, 6.45) is 6.23. The summed E-state index contributed by atoms with van der Waals surface area (Å²) >= 11 is 0. The summed E-state index contributed by atoms with van der Waals surface area (Å²) in [7, 11) is 0. The lowest BCUT2D eigenvalue weighted by Gasteiger charge is -2.44. The molecule has 3 rings (SSSR count). The van der Waals surface area contributed by atoms with Crippen molar-refractivity contribution in [2.75, 3.05) is 45.9 Å². The van der Waals surface area contributed by atoms with Gasteiger partial charge < -0.3 is 15.4 Å². The Hall–Kier alpha value is -0.850. The molecule has 1 heterocycles. The van der Waals surface area contributed by atoms with Crippen molar-refractivity contribution in [2.45, 2.75) is 44.1 Å². The van der Waals surface area contributed by atoms with E-state index in [-0.39, 0.29) is 36.3 Å². The van der Waals surface area contributed by atoms with Crippen molar-refractivity contribution in [2.24, 2.45) is 5.73 Å². The largest absolute Gasteiger partial charge is 0.379 e. The van der Waals surface area contributed by atoms with Gasteiger partial charge in [0.1, 0.15) is 0 Å². The minimum Gasteiger partial charge on any atom is -0.379 e. The normalized spacial score (nSPS) is 18.8. The Balaban J connectivity index is 0.00000196. The van der Waals surface area contributed by atoms with Gasteiger partial charge in [0, 0.05) is 44.7 Å². The van der Waals surface area contributed by atoms with Gasteiger partial charge in [0.15, 0.2) is 0 Å². The summed E-state index contributed by atoms with van der Waals surface area (Å²) in [6, 6.07) is 10.4. The average molecular weight is 432 g/mol. The maximum absolute atomic E-state index is 13.2. The van der Waals surface area contributed by atoms with Gasteiger partial charge >= 0.3 is 0 Å². The molecule has 0 atom stereocenters. The number of nitrogens with two attached hydrogens (primary N) is 1. The van der Waals surface area contributed by atoms with Crippen molar-refractivity contribution in [1.82, 2.24) is 9.80 Å². The highest BCUT2D eigenvalue weighted by molar-refractivity contribution is 5.85. The molecule has 1 amide bonds. The van der Waals surface area contributed by atoms with E-state index in [1.165, 1.54) is 18.4 Å². The number of amides is 1. The van der Waals surface area contributed by atoms with Gasteiger partial charge in [-0.1, -0.05) is 43.2 Å². The van der Waals surface area contributed by atoms with Crippen LogP contribution >= 0.6 is 24.8 Å². The van der Waals surface area contributed by atoms with Gasteiger partial charge in [-0.05, 0) is 24.8 Å². The lowest BCUT2D eigenvalue weighted by Crippen LogP contribution is -2.54. The smallest absolute Gasteiger partial charge is 0.224 e. The van der Waals surface area contributed by atoms with Crippen LogP contribution in [-0.4, -0.2) is 67.2 Å². The van der Waals surface area contributed by atoms with Crippen molar-refractivity contribution in [3.8, 4) is 0 Å². The Morgan fingerprint density at radius 1 is 1.07 bits per heavy atom. The number of nitrogens with zero attached hydrogens (tertiary/aromatic N) is 2. The fourth-order valence-corrected chi connectivity index (χ4v) is 4.49. The highest BCUT2D eigenvalue weighted by atomic mass is 35.5. The third-order valence-electron chi connectivity index (χ3n) is 5.96. The predicted octanol–water partition coefficient (Wildman–Crippen LogP) is 2.90. The third-order valence-corrected chi connectivity index (χ3v) is 5.96. The molecule has 0 spiro atoms. The number of hydrogen-bond donors (Lipinski definition) is 1. The first-order valence-electron chi connectivity index (χ1n) is 10.1. The van der Waals surface area contributed by atoms with E-state index in [9.17, 15) is 4.79 Å². The standard InChI is InChI=1S/C21H33N3O2.2ClH/c22-11-13-23(12-8-19-6-2-1-3-7-19)20(25)18-21(9-4-5-10-21)24-14-16-26-17-15-24;;/h1-3,6-7H,4-5,8-18,22H2;2*1H. The fourth-order valence-electron chi connectivity index (χ4n) is 4.49. The third kappa shape index (κ3) is 6.60. The average Bonchev–Trinajstić information content (AvgIpc) is 3.16. The minimum absolute atomic E-state index is 0. The molecule has 28 heavy (non-hydrogen) atoms. The number of ether oxygens (including phenoxy) is 1. The topological polar surface area (TPSA) is 58.8 Å². The molecule has 2 fully saturated rings. The zero-order valence-corrected chi connectivity index (χ0v) is 18.3. The summed E-state index contributed by atoms with van der Waals surface area (Å²) in [5.74, 6) is 0.264. The van der Waals surface area contributed by atoms with Crippen molar-refractivity contribution in [3.63, 3.8) is 0 Å². The van der Waals surface area contributed by atoms with Crippen molar-refractivity contribution in [1.29, 1.82) is 0 Å². The first kappa shape index (κ1) is 25.2. The van der Waals surface area contributed by atoms with Crippen LogP contribution in [0.5, 0.6) is 0 Å². The summed E-state index contributed by atoms with van der Waals surface area (Å²) in [5.41, 5.74) is 7.11. The molecule has 5 nitrogen and oxygen atoms in total. The van der Waals surface area contributed by atoms with Crippen LogP contribution in [0.25, 0.3) is 0 Å². The van der Waals surface area contributed by atoms with Crippen molar-refractivity contribution in [3.05, 3.63) is 35.9 Å². The van der Waals surface area contributed by atoms with Crippen molar-refractivity contribution < 1.29 is 9.53 Å². The second-order valence-corrected chi connectivity index (χ2v) is 7.61. The van der Waals surface area contributed by atoms with E-state index in [4.69, 9.17) is 10.5 Å². The Labute approximate surface area is 181 Å². The molecule has 2 aliphatic rings. The molecule has 1 aliphatic heterocycles. The molecule has 1 aromatic carbocycles. The van der Waals surface area contributed by atoms with Gasteiger partial charge in [-0.2, -0.15) is 0 Å². The van der Waals surface area contributed by atoms with E-state index in [0.717, 1.165) is 52.1 Å². The number of morpholine rings is 1. The van der Waals surface area contributed by atoms with Gasteiger partial charge in [0.05, 0.1) is 13.2 Å². The van der Waals surface area contributed by atoms with E-state index in [0.29, 0.717) is 19.5 Å². The molecule has 1 aliphatic carbocycles. The van der Waals surface area contributed by atoms with Crippen LogP contribution in [-0.2, 0) is 16.0 Å². The van der Waals surface area contributed by atoms with E-state index in [2.05, 4.69) is 29.2 Å². The van der Waals surface area contributed by atoms with E-state index in [1.54, 1.807) is 0 Å². The first-order valence-corrected chi connectivity index (χ1v) is 10.1. The van der Waals surface area contributed by atoms with Crippen LogP contribution in [0.15, 0.2) is 30.3 Å². The molecule has 160 valence electrons. The number of carbonyl (C=O) groups excluding carboxylic acids is 1. The summed E-state index contributed by atoms with van der Waals surface area (Å²) in [5, 5.41) is 0. The SMILES string of the molecule is Cl.Cl.NCCN(CCc1ccccc1)C(=O)CC1(N2CCOCC2)CCCC1. The van der Waals surface area contributed by atoms with Crippen molar-refractivity contribution >= 4 is 30.7 Å². The van der Waals surface area contributed by atoms with Gasteiger partial charge in [-0.25, -0.2) is 0 Å². The monoisotopic (exact) mass is 431 g/mol. The molecule has 1 saturated heterocycles. The number of halogens is 2. The van der Waals surface area contributed by atoms with Crippen LogP contribution in [0, 0.1) is 0 Å². The minimum atomic E-state index is 0. The Morgan fingerprint density at radius 3 is 2.32 bits per heavy atom. The van der Waals surface area contributed by atoms with Crippen LogP contribution < -0.4 is 5.73 Å². The molecule has 1 saturated carbocycles. The van der Waals surface area contributed by atoms with Gasteiger partial charge in [0.25, 0.3) is 0 Å². The quantitative estimate of drug-likeness (QED) is 0.687. The summed E-state index contributed by atoms with van der Waals surface area (Å²) in [4.78, 5) is 17.7. The summed E-state index contributed by atoms with van der Waals surface area (Å²) < 4.78 is 5.53. The van der Waals surface area contributed by atoms with Gasteiger partial charge in [-0.15, -0.1) is 24.8 Å². The van der Waals surface area contributed by atoms with Crippen LogP contribution in [0.2, 0.25) is 0 Å². The molecular formula is C21H35Cl2N3O2. The zero-order valence-electron chi connectivity index (χ0n) is 16.7. The van der Waals surface area contributed by atoms with E-state index < -0.39 is 0 Å². The molecule has 2 N–H and O–H groups in total. The Kier molecular flexibility index (Phi) is 11.4. The second kappa shape index (κ2) is 12.7. The molecule has 0 unspecified atom stereocenters. The number of carbonyl (C=O) groups is 1. The van der Waals surface area contributed by atoms with Crippen LogP contribution in [0.4, 0.5) is 0 Å². The zero-order chi connectivity index (χ0) is 18.2. The van der Waals surface area contributed by atoms with E-state index >= 15 is 0 Å². The summed E-state index contributed by atoms with van der Waals surface area (Å²) in [6.45, 7) is 5.39. The fraction of sp³-hybridized carbons (Fsp3) is 0.667. The number of rotatable bonds is 8. The highest BCUT2D eigenvalue weighted by Crippen LogP contribution is 2.39. The maximum atomic E-state index is 13.2. The highest BCUT2D eigenvalue weighted by Gasteiger charge is 2.42. The Morgan fingerprint density at radius 2 is 1.71 bits per heavy atom. The number of benzene rings is 1. The molecule has 1 aromatic rings. The molecule has 0 bridgehead atoms.